The summed E-state index contributed by atoms with van der Waals surface area (Å²) in [4.78, 5) is 0. The van der Waals surface area contributed by atoms with E-state index < -0.39 is 8.07 Å². The first kappa shape index (κ1) is 13.8. The lowest BCUT2D eigenvalue weighted by atomic mass is 10.2. The van der Waals surface area contributed by atoms with Gasteiger partial charge in [0.1, 0.15) is 6.73 Å². The molecule has 1 atom stereocenters. The maximum absolute atomic E-state index is 9.79. The van der Waals surface area contributed by atoms with Gasteiger partial charge in [-0.1, -0.05) is 19.6 Å². The second-order valence-electron chi connectivity index (χ2n) is 6.35. The highest BCUT2D eigenvalue weighted by Gasteiger charge is 2.27. The summed E-state index contributed by atoms with van der Waals surface area (Å²) in [7, 11) is -1.02. The van der Waals surface area contributed by atoms with E-state index in [1.54, 1.807) is 0 Å². The number of aliphatic hydroxyl groups excluding tert-OH is 1. The zero-order chi connectivity index (χ0) is 13.3. The van der Waals surface area contributed by atoms with Crippen LogP contribution < -0.4 is 0 Å². The van der Waals surface area contributed by atoms with Crippen LogP contribution in [0, 0.1) is 6.92 Å². The predicted molar refractivity (Wildman–Crippen MR) is 74.3 cm³/mol. The minimum Gasteiger partial charge on any atom is -0.387 e. The topological polar surface area (TPSA) is 47.3 Å². The quantitative estimate of drug-likeness (QED) is 0.659. The van der Waals surface area contributed by atoms with Crippen molar-refractivity contribution in [1.82, 2.24) is 9.78 Å². The Kier molecular flexibility index (Phi) is 3.94. The van der Waals surface area contributed by atoms with Crippen LogP contribution in [0.2, 0.25) is 25.7 Å². The molecule has 102 valence electrons. The molecule has 0 fully saturated rings. The maximum Gasteiger partial charge on any atom is 0.139 e. The van der Waals surface area contributed by atoms with Gasteiger partial charge in [0.15, 0.2) is 0 Å². The molecule has 0 spiro atoms. The number of hydrogen-bond acceptors (Lipinski definition) is 3. The second-order valence-corrected chi connectivity index (χ2v) is 12.0. The molecule has 1 N–H and O–H groups in total. The van der Waals surface area contributed by atoms with Crippen LogP contribution in [0.15, 0.2) is 0 Å². The largest absolute Gasteiger partial charge is 0.387 e. The van der Waals surface area contributed by atoms with E-state index in [1.165, 1.54) is 11.6 Å². The van der Waals surface area contributed by atoms with Gasteiger partial charge in [0.05, 0.1) is 11.8 Å². The first-order valence-electron chi connectivity index (χ1n) is 6.70. The average molecular weight is 268 g/mol. The van der Waals surface area contributed by atoms with Crippen molar-refractivity contribution in [3.05, 3.63) is 17.0 Å². The van der Waals surface area contributed by atoms with E-state index in [9.17, 15) is 5.11 Å². The highest BCUT2D eigenvalue weighted by atomic mass is 28.3. The van der Waals surface area contributed by atoms with Crippen LogP contribution in [0.1, 0.15) is 29.5 Å². The Balaban J connectivity index is 1.89. The number of hydrogen-bond donors (Lipinski definition) is 1. The van der Waals surface area contributed by atoms with Crippen molar-refractivity contribution in [2.75, 3.05) is 6.61 Å². The van der Waals surface area contributed by atoms with Crippen LogP contribution in [0.3, 0.4) is 0 Å². The molecule has 0 amide bonds. The molecule has 0 bridgehead atoms. The van der Waals surface area contributed by atoms with E-state index in [2.05, 4.69) is 31.7 Å². The monoisotopic (exact) mass is 268 g/mol. The van der Waals surface area contributed by atoms with E-state index in [4.69, 9.17) is 4.74 Å². The van der Waals surface area contributed by atoms with Crippen LogP contribution in [0.25, 0.3) is 0 Å². The summed E-state index contributed by atoms with van der Waals surface area (Å²) in [6.45, 7) is 10.4. The molecule has 1 heterocycles. The summed E-state index contributed by atoms with van der Waals surface area (Å²) in [5, 5.41) is 14.2. The van der Waals surface area contributed by atoms with Crippen LogP contribution in [-0.2, 0) is 17.9 Å². The Morgan fingerprint density at radius 3 is 2.78 bits per heavy atom. The van der Waals surface area contributed by atoms with E-state index >= 15 is 0 Å². The molecule has 0 radical (unpaired) electrons. The van der Waals surface area contributed by atoms with Gasteiger partial charge in [0.2, 0.25) is 0 Å². The van der Waals surface area contributed by atoms with Gasteiger partial charge in [-0.05, 0) is 31.4 Å². The molecule has 18 heavy (non-hydrogen) atoms. The van der Waals surface area contributed by atoms with Gasteiger partial charge in [0, 0.05) is 20.4 Å². The van der Waals surface area contributed by atoms with E-state index in [0.29, 0.717) is 6.73 Å². The number of ether oxygens (including phenoxy) is 1. The molecule has 0 aliphatic heterocycles. The highest BCUT2D eigenvalue weighted by Crippen LogP contribution is 2.32. The Morgan fingerprint density at radius 1 is 1.44 bits per heavy atom. The maximum atomic E-state index is 9.79. The van der Waals surface area contributed by atoms with Crippen LogP contribution in [0.5, 0.6) is 0 Å². The third kappa shape index (κ3) is 3.02. The molecule has 4 nitrogen and oxygen atoms in total. The summed E-state index contributed by atoms with van der Waals surface area (Å²) in [6, 6.07) is 1.18. The van der Waals surface area contributed by atoms with Crippen molar-refractivity contribution < 1.29 is 9.84 Å². The van der Waals surface area contributed by atoms with Gasteiger partial charge in [-0.25, -0.2) is 4.68 Å². The minimum atomic E-state index is -1.02. The van der Waals surface area contributed by atoms with Crippen molar-refractivity contribution in [3.63, 3.8) is 0 Å². The number of aromatic nitrogens is 2. The van der Waals surface area contributed by atoms with Gasteiger partial charge in [0.25, 0.3) is 0 Å². The fourth-order valence-electron chi connectivity index (χ4n) is 2.26. The molecule has 0 aromatic carbocycles. The fourth-order valence-corrected chi connectivity index (χ4v) is 3.01. The lowest BCUT2D eigenvalue weighted by Crippen LogP contribution is -2.22. The Labute approximate surface area is 110 Å². The average Bonchev–Trinajstić information content (AvgIpc) is 2.76. The summed E-state index contributed by atoms with van der Waals surface area (Å²) in [5.41, 5.74) is 3.23. The van der Waals surface area contributed by atoms with Crippen LogP contribution >= 0.6 is 0 Å². The summed E-state index contributed by atoms with van der Waals surface area (Å²) in [6.07, 6.45) is 1.38. The smallest absolute Gasteiger partial charge is 0.139 e. The summed E-state index contributed by atoms with van der Waals surface area (Å²) in [5.74, 6) is 0. The Bertz CT molecular complexity index is 423. The van der Waals surface area contributed by atoms with E-state index in [-0.39, 0.29) is 6.10 Å². The molecule has 0 unspecified atom stereocenters. The molecule has 1 aromatic heterocycles. The lowest BCUT2D eigenvalue weighted by molar-refractivity contribution is 0.0751. The SMILES string of the molecule is Cc1c2c(nn1COCC[Si](C)(C)C)[C@@H](O)CC2. The van der Waals surface area contributed by atoms with Gasteiger partial charge in [-0.2, -0.15) is 5.10 Å². The third-order valence-electron chi connectivity index (χ3n) is 3.55. The van der Waals surface area contributed by atoms with Crippen molar-refractivity contribution in [2.45, 2.75) is 58.3 Å². The highest BCUT2D eigenvalue weighted by molar-refractivity contribution is 6.76. The molecular weight excluding hydrogens is 244 g/mol. The first-order valence-corrected chi connectivity index (χ1v) is 10.4. The Hall–Kier alpha value is -0.653. The molecule has 1 aromatic rings. The second kappa shape index (κ2) is 5.15. The number of aliphatic hydroxyl groups is 1. The van der Waals surface area contributed by atoms with Gasteiger partial charge < -0.3 is 9.84 Å². The number of fused-ring (bicyclic) bond motifs is 1. The summed E-state index contributed by atoms with van der Waals surface area (Å²) < 4.78 is 7.59. The zero-order valence-corrected chi connectivity index (χ0v) is 12.9. The summed E-state index contributed by atoms with van der Waals surface area (Å²) >= 11 is 0. The van der Waals surface area contributed by atoms with Crippen LogP contribution in [0.4, 0.5) is 0 Å². The first-order chi connectivity index (χ1) is 8.38. The predicted octanol–water partition coefficient (Wildman–Crippen LogP) is 2.48. The molecule has 1 aliphatic rings. The normalized spacial score (nSPS) is 19.3. The molecule has 1 aliphatic carbocycles. The van der Waals surface area contributed by atoms with E-state index in [0.717, 1.165) is 30.8 Å². The molecule has 0 saturated heterocycles. The standard InChI is InChI=1S/C13H24N2O2Si/c1-10-11-5-6-12(16)13(11)14-15(10)9-17-7-8-18(2,3)4/h12,16H,5-9H2,1-4H3/t12-/m0/s1. The van der Waals surface area contributed by atoms with Crippen molar-refractivity contribution >= 4 is 8.07 Å². The van der Waals surface area contributed by atoms with E-state index in [1.807, 2.05) is 4.68 Å². The molecule has 2 rings (SSSR count). The van der Waals surface area contributed by atoms with Crippen LogP contribution in [-0.4, -0.2) is 29.6 Å². The van der Waals surface area contributed by atoms with Gasteiger partial charge in [-0.3, -0.25) is 0 Å². The zero-order valence-electron chi connectivity index (χ0n) is 11.9. The van der Waals surface area contributed by atoms with Crippen molar-refractivity contribution in [1.29, 1.82) is 0 Å². The van der Waals surface area contributed by atoms with Crippen molar-refractivity contribution in [2.24, 2.45) is 0 Å². The minimum absolute atomic E-state index is 0.373. The lowest BCUT2D eigenvalue weighted by Gasteiger charge is -2.15. The Morgan fingerprint density at radius 2 is 2.17 bits per heavy atom. The number of rotatable bonds is 5. The molecule has 5 heteroatoms. The van der Waals surface area contributed by atoms with Crippen molar-refractivity contribution in [3.8, 4) is 0 Å². The van der Waals surface area contributed by atoms with Gasteiger partial charge in [-0.15, -0.1) is 0 Å². The molecule has 0 saturated carbocycles. The third-order valence-corrected chi connectivity index (χ3v) is 5.26. The fraction of sp³-hybridized carbons (Fsp3) is 0.769. The molecular formula is C13H24N2O2Si. The number of nitrogens with zero attached hydrogens (tertiary/aromatic N) is 2. The van der Waals surface area contributed by atoms with Gasteiger partial charge >= 0.3 is 0 Å².